The van der Waals surface area contributed by atoms with Crippen LogP contribution < -0.4 is 10.1 Å². The van der Waals surface area contributed by atoms with Gasteiger partial charge in [0.1, 0.15) is 0 Å². The molecule has 116 valence electrons. The Balaban J connectivity index is 2.23. The van der Waals surface area contributed by atoms with E-state index in [1.54, 1.807) is 18.2 Å². The van der Waals surface area contributed by atoms with Crippen molar-refractivity contribution in [1.29, 1.82) is 0 Å². The van der Waals surface area contributed by atoms with Crippen molar-refractivity contribution in [3.8, 4) is 5.75 Å². The van der Waals surface area contributed by atoms with E-state index in [0.717, 1.165) is 5.56 Å². The molecule has 0 aliphatic heterocycles. The van der Waals surface area contributed by atoms with Crippen LogP contribution in [0.5, 0.6) is 5.75 Å². The molecule has 2 aromatic carbocycles. The van der Waals surface area contributed by atoms with Gasteiger partial charge in [0.15, 0.2) is 11.9 Å². The standard InChI is InChI=1S/C17H18ClNO3/c1-3-22-16-13(18)10-7-11-14(16)19-17(20)15(21-2)12-8-5-4-6-9-12/h4-11,15H,3H2,1-2H3,(H,19,20). The Labute approximate surface area is 135 Å². The first-order chi connectivity index (χ1) is 10.7. The van der Waals surface area contributed by atoms with Gasteiger partial charge >= 0.3 is 0 Å². The van der Waals surface area contributed by atoms with E-state index < -0.39 is 6.10 Å². The minimum Gasteiger partial charge on any atom is -0.490 e. The second kappa shape index (κ2) is 7.82. The fourth-order valence-electron chi connectivity index (χ4n) is 2.12. The molecule has 22 heavy (non-hydrogen) atoms. The summed E-state index contributed by atoms with van der Waals surface area (Å²) >= 11 is 6.11. The van der Waals surface area contributed by atoms with Crippen molar-refractivity contribution in [2.75, 3.05) is 19.0 Å². The Hall–Kier alpha value is -2.04. The summed E-state index contributed by atoms with van der Waals surface area (Å²) in [6, 6.07) is 14.5. The molecule has 0 heterocycles. The van der Waals surface area contributed by atoms with Gasteiger partial charge in [-0.25, -0.2) is 0 Å². The number of methoxy groups -OCH3 is 1. The molecule has 1 amide bonds. The highest BCUT2D eigenvalue weighted by Crippen LogP contribution is 2.33. The Morgan fingerprint density at radius 3 is 2.55 bits per heavy atom. The molecule has 0 spiro atoms. The molecule has 1 unspecified atom stereocenters. The van der Waals surface area contributed by atoms with Crippen molar-refractivity contribution in [2.45, 2.75) is 13.0 Å². The first-order valence-electron chi connectivity index (χ1n) is 6.97. The van der Waals surface area contributed by atoms with E-state index in [1.807, 2.05) is 37.3 Å². The third-order valence-electron chi connectivity index (χ3n) is 3.09. The van der Waals surface area contributed by atoms with E-state index in [1.165, 1.54) is 7.11 Å². The quantitative estimate of drug-likeness (QED) is 0.873. The van der Waals surface area contributed by atoms with Gasteiger partial charge in [0.05, 0.1) is 17.3 Å². The number of hydrogen-bond acceptors (Lipinski definition) is 3. The van der Waals surface area contributed by atoms with Crippen LogP contribution in [0.25, 0.3) is 0 Å². The summed E-state index contributed by atoms with van der Waals surface area (Å²) in [5, 5.41) is 3.26. The van der Waals surface area contributed by atoms with E-state index >= 15 is 0 Å². The van der Waals surface area contributed by atoms with Gasteiger partial charge in [-0.1, -0.05) is 48.0 Å². The first-order valence-corrected chi connectivity index (χ1v) is 7.35. The van der Waals surface area contributed by atoms with Gasteiger partial charge in [-0.05, 0) is 24.6 Å². The van der Waals surface area contributed by atoms with Gasteiger partial charge in [-0.2, -0.15) is 0 Å². The summed E-state index contributed by atoms with van der Waals surface area (Å²) < 4.78 is 10.8. The van der Waals surface area contributed by atoms with Crippen molar-refractivity contribution in [3.05, 3.63) is 59.1 Å². The lowest BCUT2D eigenvalue weighted by molar-refractivity contribution is -0.126. The molecule has 2 rings (SSSR count). The van der Waals surface area contributed by atoms with Crippen LogP contribution >= 0.6 is 11.6 Å². The lowest BCUT2D eigenvalue weighted by Crippen LogP contribution is -2.23. The highest BCUT2D eigenvalue weighted by molar-refractivity contribution is 6.32. The SMILES string of the molecule is CCOc1c(Cl)cccc1NC(=O)C(OC)c1ccccc1. The third kappa shape index (κ3) is 3.78. The van der Waals surface area contributed by atoms with Crippen molar-refractivity contribution in [3.63, 3.8) is 0 Å². The van der Waals surface area contributed by atoms with Crippen molar-refractivity contribution in [2.24, 2.45) is 0 Å². The fourth-order valence-corrected chi connectivity index (χ4v) is 2.35. The van der Waals surface area contributed by atoms with Crippen LogP contribution in [-0.4, -0.2) is 19.6 Å². The largest absolute Gasteiger partial charge is 0.490 e. The smallest absolute Gasteiger partial charge is 0.258 e. The van der Waals surface area contributed by atoms with E-state index in [-0.39, 0.29) is 5.91 Å². The van der Waals surface area contributed by atoms with E-state index in [9.17, 15) is 4.79 Å². The molecule has 0 aromatic heterocycles. The van der Waals surface area contributed by atoms with Crippen LogP contribution in [0.3, 0.4) is 0 Å². The zero-order valence-electron chi connectivity index (χ0n) is 12.5. The molecule has 5 heteroatoms. The Bertz CT molecular complexity index is 631. The van der Waals surface area contributed by atoms with Crippen molar-refractivity contribution in [1.82, 2.24) is 0 Å². The zero-order chi connectivity index (χ0) is 15.9. The average molecular weight is 320 g/mol. The van der Waals surface area contributed by atoms with Gasteiger partial charge < -0.3 is 14.8 Å². The first kappa shape index (κ1) is 16.3. The van der Waals surface area contributed by atoms with Crippen LogP contribution in [0.15, 0.2) is 48.5 Å². The van der Waals surface area contributed by atoms with Crippen molar-refractivity contribution >= 4 is 23.2 Å². The van der Waals surface area contributed by atoms with E-state index in [0.29, 0.717) is 23.1 Å². The number of para-hydroxylation sites is 1. The summed E-state index contributed by atoms with van der Waals surface area (Å²) in [7, 11) is 1.50. The normalized spacial score (nSPS) is 11.8. The maximum atomic E-state index is 12.5. The van der Waals surface area contributed by atoms with Crippen LogP contribution in [0, 0.1) is 0 Å². The maximum absolute atomic E-state index is 12.5. The van der Waals surface area contributed by atoms with Crippen LogP contribution in [-0.2, 0) is 9.53 Å². The molecule has 0 fully saturated rings. The molecule has 0 aliphatic rings. The number of halogens is 1. The van der Waals surface area contributed by atoms with E-state index in [4.69, 9.17) is 21.1 Å². The number of carbonyl (C=O) groups is 1. The average Bonchev–Trinajstić information content (AvgIpc) is 2.52. The van der Waals surface area contributed by atoms with Gasteiger partial charge in [0.2, 0.25) is 0 Å². The number of nitrogens with one attached hydrogen (secondary N) is 1. The van der Waals surface area contributed by atoms with Gasteiger partial charge in [0.25, 0.3) is 5.91 Å². The predicted octanol–water partition coefficient (Wildman–Crippen LogP) is 4.06. The molecular formula is C17H18ClNO3. The highest BCUT2D eigenvalue weighted by atomic mass is 35.5. The number of benzene rings is 2. The highest BCUT2D eigenvalue weighted by Gasteiger charge is 2.21. The van der Waals surface area contributed by atoms with Crippen LogP contribution in [0.1, 0.15) is 18.6 Å². The fraction of sp³-hybridized carbons (Fsp3) is 0.235. The number of anilines is 1. The molecule has 1 N–H and O–H groups in total. The number of rotatable bonds is 6. The maximum Gasteiger partial charge on any atom is 0.258 e. The molecule has 1 atom stereocenters. The molecule has 0 saturated heterocycles. The summed E-state index contributed by atoms with van der Waals surface area (Å²) in [6.07, 6.45) is -0.699. The summed E-state index contributed by atoms with van der Waals surface area (Å²) in [6.45, 7) is 2.32. The lowest BCUT2D eigenvalue weighted by Gasteiger charge is -2.18. The number of carbonyl (C=O) groups excluding carboxylic acids is 1. The lowest BCUT2D eigenvalue weighted by atomic mass is 10.1. The summed E-state index contributed by atoms with van der Waals surface area (Å²) in [4.78, 5) is 12.5. The van der Waals surface area contributed by atoms with Crippen molar-refractivity contribution < 1.29 is 14.3 Å². The van der Waals surface area contributed by atoms with Gasteiger partial charge in [-0.3, -0.25) is 4.79 Å². The molecule has 0 aliphatic carbocycles. The molecule has 4 nitrogen and oxygen atoms in total. The van der Waals surface area contributed by atoms with Gasteiger partial charge in [0, 0.05) is 7.11 Å². The summed E-state index contributed by atoms with van der Waals surface area (Å²) in [5.41, 5.74) is 1.31. The van der Waals surface area contributed by atoms with Crippen LogP contribution in [0.4, 0.5) is 5.69 Å². The second-order valence-corrected chi connectivity index (χ2v) is 4.97. The molecular weight excluding hydrogens is 302 g/mol. The molecule has 2 aromatic rings. The third-order valence-corrected chi connectivity index (χ3v) is 3.39. The summed E-state index contributed by atoms with van der Waals surface area (Å²) in [5.74, 6) is 0.180. The Kier molecular flexibility index (Phi) is 5.81. The Morgan fingerprint density at radius 2 is 1.91 bits per heavy atom. The number of ether oxygens (including phenoxy) is 2. The minimum atomic E-state index is -0.699. The minimum absolute atomic E-state index is 0.281. The van der Waals surface area contributed by atoms with Gasteiger partial charge in [-0.15, -0.1) is 0 Å². The second-order valence-electron chi connectivity index (χ2n) is 4.57. The predicted molar refractivity (Wildman–Crippen MR) is 87.4 cm³/mol. The Morgan fingerprint density at radius 1 is 1.18 bits per heavy atom. The molecule has 0 bridgehead atoms. The molecule has 0 radical (unpaired) electrons. The molecule has 0 saturated carbocycles. The topological polar surface area (TPSA) is 47.6 Å². The number of amides is 1. The number of hydrogen-bond donors (Lipinski definition) is 1. The van der Waals surface area contributed by atoms with Crippen LogP contribution in [0.2, 0.25) is 5.02 Å². The monoisotopic (exact) mass is 319 g/mol. The van der Waals surface area contributed by atoms with E-state index in [2.05, 4.69) is 5.32 Å². The zero-order valence-corrected chi connectivity index (χ0v) is 13.3.